The van der Waals surface area contributed by atoms with Crippen LogP contribution in [0.2, 0.25) is 5.15 Å². The van der Waals surface area contributed by atoms with Crippen LogP contribution in [0.3, 0.4) is 0 Å². The number of pyridine rings is 1. The maximum absolute atomic E-state index is 11.6. The van der Waals surface area contributed by atoms with Gasteiger partial charge in [-0.05, 0) is 18.6 Å². The minimum absolute atomic E-state index is 0.215. The second-order valence-electron chi connectivity index (χ2n) is 3.17. The third-order valence-corrected chi connectivity index (χ3v) is 2.34. The molecule has 0 unspecified atom stereocenters. The molecule has 1 N–H and O–H groups in total. The van der Waals surface area contributed by atoms with Crippen LogP contribution in [0.1, 0.15) is 16.1 Å². The van der Waals surface area contributed by atoms with E-state index in [0.29, 0.717) is 10.8 Å². The van der Waals surface area contributed by atoms with E-state index in [2.05, 4.69) is 20.0 Å². The van der Waals surface area contributed by atoms with Crippen LogP contribution in [0.5, 0.6) is 0 Å². The molecule has 2 aromatic heterocycles. The van der Waals surface area contributed by atoms with Gasteiger partial charge in [-0.25, -0.2) is 4.98 Å². The molecule has 0 bridgehead atoms. The number of carbonyl (C=O) groups is 1. The molecule has 0 aliphatic rings. The molecule has 1 amide bonds. The summed E-state index contributed by atoms with van der Waals surface area (Å²) in [6.07, 6.45) is 2.81. The van der Waals surface area contributed by atoms with E-state index < -0.39 is 0 Å². The number of nitrogens with zero attached hydrogens (tertiary/aromatic N) is 2. The van der Waals surface area contributed by atoms with E-state index in [4.69, 9.17) is 11.6 Å². The van der Waals surface area contributed by atoms with Gasteiger partial charge in [-0.3, -0.25) is 4.79 Å². The van der Waals surface area contributed by atoms with Crippen molar-refractivity contribution in [3.05, 3.63) is 41.0 Å². The van der Waals surface area contributed by atoms with E-state index in [1.165, 1.54) is 18.5 Å². The number of hydrogen-bond donors (Lipinski definition) is 1. The summed E-state index contributed by atoms with van der Waals surface area (Å²) >= 11 is 5.77. The van der Waals surface area contributed by atoms with Gasteiger partial charge in [-0.2, -0.15) is 0 Å². The van der Waals surface area contributed by atoms with Crippen LogP contribution in [0, 0.1) is 6.92 Å². The number of nitrogens with one attached hydrogen (secondary N) is 1. The predicted molar refractivity (Wildman–Crippen MR) is 58.4 cm³/mol. The molecule has 2 aromatic rings. The Morgan fingerprint density at radius 3 is 3.00 bits per heavy atom. The van der Waals surface area contributed by atoms with Crippen molar-refractivity contribution in [2.24, 2.45) is 0 Å². The number of amides is 1. The van der Waals surface area contributed by atoms with Crippen LogP contribution >= 0.6 is 11.6 Å². The van der Waals surface area contributed by atoms with Crippen LogP contribution in [0.15, 0.2) is 29.1 Å². The van der Waals surface area contributed by atoms with Crippen molar-refractivity contribution in [3.8, 4) is 0 Å². The van der Waals surface area contributed by atoms with Crippen molar-refractivity contribution in [1.29, 1.82) is 0 Å². The number of aryl methyl sites for hydroxylation is 1. The Balaban J connectivity index is 2.15. The summed E-state index contributed by atoms with van der Waals surface area (Å²) in [5.41, 5.74) is 1.57. The van der Waals surface area contributed by atoms with Crippen LogP contribution in [0.25, 0.3) is 0 Å². The molecule has 82 valence electrons. The van der Waals surface area contributed by atoms with E-state index in [0.717, 1.165) is 5.56 Å². The lowest BCUT2D eigenvalue weighted by molar-refractivity contribution is 0.101. The topological polar surface area (TPSA) is 68.0 Å². The Bertz CT molecular complexity index is 511. The molecule has 2 rings (SSSR count). The zero-order chi connectivity index (χ0) is 11.5. The Labute approximate surface area is 96.4 Å². The molecule has 2 heterocycles. The van der Waals surface area contributed by atoms with Crippen molar-refractivity contribution in [1.82, 2.24) is 10.1 Å². The number of carbonyl (C=O) groups excluding carboxylic acids is 1. The molecule has 0 aliphatic heterocycles. The SMILES string of the molecule is Cc1cc(NC(=O)c2ccon2)cnc1Cl. The normalized spacial score (nSPS) is 10.1. The Kier molecular flexibility index (Phi) is 2.87. The first-order valence-electron chi connectivity index (χ1n) is 4.50. The molecule has 0 saturated carbocycles. The summed E-state index contributed by atoms with van der Waals surface area (Å²) in [6.45, 7) is 1.81. The van der Waals surface area contributed by atoms with Gasteiger partial charge in [0, 0.05) is 6.07 Å². The summed E-state index contributed by atoms with van der Waals surface area (Å²) in [6, 6.07) is 3.21. The van der Waals surface area contributed by atoms with Gasteiger partial charge >= 0.3 is 0 Å². The lowest BCUT2D eigenvalue weighted by atomic mass is 10.3. The molecule has 0 spiro atoms. The van der Waals surface area contributed by atoms with Crippen molar-refractivity contribution < 1.29 is 9.32 Å². The van der Waals surface area contributed by atoms with Gasteiger partial charge < -0.3 is 9.84 Å². The first-order chi connectivity index (χ1) is 7.66. The molecule has 16 heavy (non-hydrogen) atoms. The summed E-state index contributed by atoms with van der Waals surface area (Å²) in [5, 5.41) is 6.56. The van der Waals surface area contributed by atoms with Gasteiger partial charge in [-0.1, -0.05) is 16.8 Å². The number of halogens is 1. The van der Waals surface area contributed by atoms with Gasteiger partial charge in [0.15, 0.2) is 5.69 Å². The van der Waals surface area contributed by atoms with Gasteiger partial charge in [0.2, 0.25) is 0 Å². The molecular formula is C10H8ClN3O2. The summed E-state index contributed by atoms with van der Waals surface area (Å²) in [5.74, 6) is -0.350. The fourth-order valence-corrected chi connectivity index (χ4v) is 1.25. The number of aromatic nitrogens is 2. The zero-order valence-electron chi connectivity index (χ0n) is 8.40. The lowest BCUT2D eigenvalue weighted by Gasteiger charge is -2.03. The van der Waals surface area contributed by atoms with Crippen molar-refractivity contribution in [2.75, 3.05) is 5.32 Å². The second-order valence-corrected chi connectivity index (χ2v) is 3.53. The highest BCUT2D eigenvalue weighted by molar-refractivity contribution is 6.30. The van der Waals surface area contributed by atoms with Gasteiger partial charge in [-0.15, -0.1) is 0 Å². The lowest BCUT2D eigenvalue weighted by Crippen LogP contribution is -2.12. The predicted octanol–water partition coefficient (Wildman–Crippen LogP) is 2.28. The largest absolute Gasteiger partial charge is 0.364 e. The van der Waals surface area contributed by atoms with E-state index in [1.807, 2.05) is 0 Å². The summed E-state index contributed by atoms with van der Waals surface area (Å²) < 4.78 is 4.57. The molecule has 0 aromatic carbocycles. The molecular weight excluding hydrogens is 230 g/mol. The van der Waals surface area contributed by atoms with E-state index in [1.54, 1.807) is 13.0 Å². The van der Waals surface area contributed by atoms with Gasteiger partial charge in [0.1, 0.15) is 11.4 Å². The van der Waals surface area contributed by atoms with Crippen LogP contribution in [0.4, 0.5) is 5.69 Å². The minimum Gasteiger partial charge on any atom is -0.364 e. The molecule has 5 nitrogen and oxygen atoms in total. The van der Waals surface area contributed by atoms with Crippen molar-refractivity contribution in [3.63, 3.8) is 0 Å². The van der Waals surface area contributed by atoms with Gasteiger partial charge in [0.05, 0.1) is 11.9 Å². The smallest absolute Gasteiger partial charge is 0.277 e. The summed E-state index contributed by atoms with van der Waals surface area (Å²) in [4.78, 5) is 15.5. The highest BCUT2D eigenvalue weighted by Crippen LogP contribution is 2.16. The number of hydrogen-bond acceptors (Lipinski definition) is 4. The molecule has 0 fully saturated rings. The molecule has 0 aliphatic carbocycles. The minimum atomic E-state index is -0.350. The molecule has 0 saturated heterocycles. The zero-order valence-corrected chi connectivity index (χ0v) is 9.15. The second kappa shape index (κ2) is 4.32. The van der Waals surface area contributed by atoms with E-state index in [-0.39, 0.29) is 11.6 Å². The average Bonchev–Trinajstić information content (AvgIpc) is 2.77. The number of anilines is 1. The first-order valence-corrected chi connectivity index (χ1v) is 4.88. The Morgan fingerprint density at radius 1 is 1.56 bits per heavy atom. The standard InChI is InChI=1S/C10H8ClN3O2/c1-6-4-7(5-12-9(6)11)13-10(15)8-2-3-16-14-8/h2-5H,1H3,(H,13,15). The fraction of sp³-hybridized carbons (Fsp3) is 0.100. The Hall–Kier alpha value is -1.88. The van der Waals surface area contributed by atoms with Crippen LogP contribution in [-0.2, 0) is 0 Å². The van der Waals surface area contributed by atoms with Crippen LogP contribution in [-0.4, -0.2) is 16.0 Å². The maximum atomic E-state index is 11.6. The summed E-state index contributed by atoms with van der Waals surface area (Å²) in [7, 11) is 0. The van der Waals surface area contributed by atoms with E-state index in [9.17, 15) is 4.79 Å². The van der Waals surface area contributed by atoms with Gasteiger partial charge in [0.25, 0.3) is 5.91 Å². The highest BCUT2D eigenvalue weighted by atomic mass is 35.5. The third kappa shape index (κ3) is 2.20. The number of rotatable bonds is 2. The third-order valence-electron chi connectivity index (χ3n) is 1.94. The fourth-order valence-electron chi connectivity index (χ4n) is 1.15. The molecule has 6 heteroatoms. The molecule has 0 atom stereocenters. The maximum Gasteiger partial charge on any atom is 0.277 e. The molecule has 0 radical (unpaired) electrons. The quantitative estimate of drug-likeness (QED) is 0.814. The van der Waals surface area contributed by atoms with Crippen molar-refractivity contribution >= 4 is 23.2 Å². The average molecular weight is 238 g/mol. The monoisotopic (exact) mass is 237 g/mol. The van der Waals surface area contributed by atoms with Crippen molar-refractivity contribution in [2.45, 2.75) is 6.92 Å². The highest BCUT2D eigenvalue weighted by Gasteiger charge is 2.09. The van der Waals surface area contributed by atoms with E-state index >= 15 is 0 Å². The Morgan fingerprint density at radius 2 is 2.38 bits per heavy atom. The van der Waals surface area contributed by atoms with Crippen LogP contribution < -0.4 is 5.32 Å². The first kappa shape index (κ1) is 10.6.